The van der Waals surface area contributed by atoms with Crippen molar-refractivity contribution in [3.63, 3.8) is 0 Å². The van der Waals surface area contributed by atoms with Gasteiger partial charge in [-0.3, -0.25) is 4.90 Å². The molecular formula is C11H21NO4. The van der Waals surface area contributed by atoms with Gasteiger partial charge in [-0.25, -0.2) is 4.79 Å². The topological polar surface area (TPSA) is 59.0 Å². The highest BCUT2D eigenvalue weighted by molar-refractivity contribution is 5.75. The molecular weight excluding hydrogens is 210 g/mol. The Kier molecular flexibility index (Phi) is 4.70. The van der Waals surface area contributed by atoms with E-state index in [4.69, 9.17) is 9.47 Å². The first-order valence-electron chi connectivity index (χ1n) is 5.62. The molecule has 5 nitrogen and oxygen atoms in total. The first-order chi connectivity index (χ1) is 7.52. The third kappa shape index (κ3) is 2.53. The quantitative estimate of drug-likeness (QED) is 0.691. The van der Waals surface area contributed by atoms with E-state index in [2.05, 4.69) is 0 Å². The van der Waals surface area contributed by atoms with Gasteiger partial charge in [0.15, 0.2) is 6.10 Å². The van der Waals surface area contributed by atoms with Gasteiger partial charge in [0.25, 0.3) is 0 Å². The van der Waals surface area contributed by atoms with E-state index in [1.165, 1.54) is 0 Å². The van der Waals surface area contributed by atoms with Gasteiger partial charge in [0.1, 0.15) is 0 Å². The van der Waals surface area contributed by atoms with Crippen LogP contribution in [0.15, 0.2) is 0 Å². The number of rotatable bonds is 4. The zero-order valence-electron chi connectivity index (χ0n) is 10.3. The van der Waals surface area contributed by atoms with Crippen LogP contribution in [-0.4, -0.2) is 61.0 Å². The maximum atomic E-state index is 11.4. The van der Waals surface area contributed by atoms with Crippen molar-refractivity contribution in [3.05, 3.63) is 0 Å². The number of likely N-dealkylation sites (N-methyl/N-ethyl adjacent to an activating group) is 1. The second kappa shape index (κ2) is 5.61. The average Bonchev–Trinajstić information content (AvgIpc) is 2.55. The van der Waals surface area contributed by atoms with Gasteiger partial charge in [-0.1, -0.05) is 0 Å². The number of methoxy groups -OCH3 is 1. The highest BCUT2D eigenvalue weighted by Gasteiger charge is 2.42. The predicted molar refractivity (Wildman–Crippen MR) is 59.1 cm³/mol. The van der Waals surface area contributed by atoms with Crippen LogP contribution in [0.5, 0.6) is 0 Å². The molecule has 16 heavy (non-hydrogen) atoms. The molecule has 0 amide bonds. The highest BCUT2D eigenvalue weighted by Crippen LogP contribution is 2.27. The second-order valence-electron chi connectivity index (χ2n) is 4.18. The molecule has 0 spiro atoms. The van der Waals surface area contributed by atoms with Gasteiger partial charge in [0.05, 0.1) is 12.7 Å². The van der Waals surface area contributed by atoms with E-state index in [0.29, 0.717) is 6.42 Å². The molecule has 0 aromatic heterocycles. The van der Waals surface area contributed by atoms with Crippen molar-refractivity contribution in [2.24, 2.45) is 0 Å². The van der Waals surface area contributed by atoms with Gasteiger partial charge >= 0.3 is 5.97 Å². The standard InChI is InChI=1S/C11H21NO4/c1-5-16-11(14)10(13)8-6-9(15-4)7(2)12(8)3/h7-10,13H,5-6H2,1-4H3/t7-,8-,9-,10-/m1/s1. The van der Waals surface area contributed by atoms with E-state index in [9.17, 15) is 9.90 Å². The molecule has 94 valence electrons. The summed E-state index contributed by atoms with van der Waals surface area (Å²) >= 11 is 0. The van der Waals surface area contributed by atoms with Gasteiger partial charge < -0.3 is 14.6 Å². The Balaban J connectivity index is 2.64. The largest absolute Gasteiger partial charge is 0.464 e. The van der Waals surface area contributed by atoms with Crippen LogP contribution < -0.4 is 0 Å². The summed E-state index contributed by atoms with van der Waals surface area (Å²) in [5.74, 6) is -0.552. The Morgan fingerprint density at radius 3 is 2.69 bits per heavy atom. The molecule has 1 fully saturated rings. The van der Waals surface area contributed by atoms with Crippen molar-refractivity contribution in [1.82, 2.24) is 4.90 Å². The fourth-order valence-electron chi connectivity index (χ4n) is 2.20. The molecule has 0 unspecified atom stereocenters. The Morgan fingerprint density at radius 1 is 1.62 bits per heavy atom. The van der Waals surface area contributed by atoms with Crippen molar-refractivity contribution in [3.8, 4) is 0 Å². The Bertz CT molecular complexity index is 246. The average molecular weight is 231 g/mol. The molecule has 1 heterocycles. The van der Waals surface area contributed by atoms with Crippen molar-refractivity contribution < 1.29 is 19.4 Å². The molecule has 1 rings (SSSR count). The van der Waals surface area contributed by atoms with E-state index >= 15 is 0 Å². The fourth-order valence-corrected chi connectivity index (χ4v) is 2.20. The Labute approximate surface area is 96.3 Å². The molecule has 0 aromatic rings. The van der Waals surface area contributed by atoms with Gasteiger partial charge in [0.2, 0.25) is 0 Å². The summed E-state index contributed by atoms with van der Waals surface area (Å²) < 4.78 is 10.1. The lowest BCUT2D eigenvalue weighted by Crippen LogP contribution is -2.44. The Morgan fingerprint density at radius 2 is 2.25 bits per heavy atom. The number of hydrogen-bond acceptors (Lipinski definition) is 5. The van der Waals surface area contributed by atoms with Crippen LogP contribution in [0.3, 0.4) is 0 Å². The zero-order valence-corrected chi connectivity index (χ0v) is 10.3. The smallest absolute Gasteiger partial charge is 0.336 e. The molecule has 1 saturated heterocycles. The van der Waals surface area contributed by atoms with E-state index in [0.717, 1.165) is 0 Å². The summed E-state index contributed by atoms with van der Waals surface area (Å²) in [6.45, 7) is 4.03. The van der Waals surface area contributed by atoms with Crippen molar-refractivity contribution >= 4 is 5.97 Å². The molecule has 0 bridgehead atoms. The molecule has 0 aliphatic carbocycles. The van der Waals surface area contributed by atoms with E-state index in [1.807, 2.05) is 18.9 Å². The summed E-state index contributed by atoms with van der Waals surface area (Å²) in [5.41, 5.74) is 0. The monoisotopic (exact) mass is 231 g/mol. The fraction of sp³-hybridized carbons (Fsp3) is 0.909. The summed E-state index contributed by atoms with van der Waals surface area (Å²) in [4.78, 5) is 13.4. The molecule has 1 aliphatic rings. The van der Waals surface area contributed by atoms with Crippen LogP contribution in [0.4, 0.5) is 0 Å². The number of aliphatic hydroxyl groups is 1. The summed E-state index contributed by atoms with van der Waals surface area (Å²) in [5, 5.41) is 9.88. The van der Waals surface area contributed by atoms with E-state index < -0.39 is 12.1 Å². The van der Waals surface area contributed by atoms with Crippen molar-refractivity contribution in [2.45, 2.75) is 44.6 Å². The van der Waals surface area contributed by atoms with E-state index in [1.54, 1.807) is 14.0 Å². The summed E-state index contributed by atoms with van der Waals surface area (Å²) in [6, 6.07) is -0.0296. The van der Waals surface area contributed by atoms with Crippen molar-refractivity contribution in [2.75, 3.05) is 20.8 Å². The number of nitrogens with zero attached hydrogens (tertiary/aromatic N) is 1. The third-order valence-corrected chi connectivity index (χ3v) is 3.37. The maximum Gasteiger partial charge on any atom is 0.336 e. The lowest BCUT2D eigenvalue weighted by Gasteiger charge is -2.26. The van der Waals surface area contributed by atoms with Crippen LogP contribution in [0, 0.1) is 0 Å². The number of esters is 1. The normalized spacial score (nSPS) is 32.7. The highest BCUT2D eigenvalue weighted by atomic mass is 16.5. The number of carbonyl (C=O) groups is 1. The molecule has 4 atom stereocenters. The third-order valence-electron chi connectivity index (χ3n) is 3.37. The lowest BCUT2D eigenvalue weighted by atomic mass is 10.1. The molecule has 1 aliphatic heterocycles. The number of ether oxygens (including phenoxy) is 2. The number of carbonyl (C=O) groups excluding carboxylic acids is 1. The lowest BCUT2D eigenvalue weighted by molar-refractivity contribution is -0.156. The Hall–Kier alpha value is -0.650. The van der Waals surface area contributed by atoms with Crippen molar-refractivity contribution in [1.29, 1.82) is 0 Å². The van der Waals surface area contributed by atoms with Crippen LogP contribution in [0.2, 0.25) is 0 Å². The van der Waals surface area contributed by atoms with Crippen LogP contribution in [0.25, 0.3) is 0 Å². The predicted octanol–water partition coefficient (Wildman–Crippen LogP) is 0.0180. The minimum atomic E-state index is -1.09. The summed E-state index contributed by atoms with van der Waals surface area (Å²) in [7, 11) is 3.53. The molecule has 5 heteroatoms. The zero-order chi connectivity index (χ0) is 12.3. The summed E-state index contributed by atoms with van der Waals surface area (Å²) in [6.07, 6.45) is -0.389. The van der Waals surface area contributed by atoms with Gasteiger partial charge in [-0.05, 0) is 27.3 Å². The van der Waals surface area contributed by atoms with Crippen LogP contribution in [0.1, 0.15) is 20.3 Å². The minimum Gasteiger partial charge on any atom is -0.464 e. The second-order valence-corrected chi connectivity index (χ2v) is 4.18. The molecule has 0 saturated carbocycles. The van der Waals surface area contributed by atoms with Crippen LogP contribution >= 0.6 is 0 Å². The van der Waals surface area contributed by atoms with Gasteiger partial charge in [0, 0.05) is 19.2 Å². The van der Waals surface area contributed by atoms with Crippen LogP contribution in [-0.2, 0) is 14.3 Å². The number of aliphatic hydroxyl groups excluding tert-OH is 1. The molecule has 0 aromatic carbocycles. The molecule has 1 N–H and O–H groups in total. The van der Waals surface area contributed by atoms with Gasteiger partial charge in [-0.2, -0.15) is 0 Å². The van der Waals surface area contributed by atoms with Gasteiger partial charge in [-0.15, -0.1) is 0 Å². The first-order valence-corrected chi connectivity index (χ1v) is 5.62. The van der Waals surface area contributed by atoms with E-state index in [-0.39, 0.29) is 24.8 Å². The number of hydrogen-bond donors (Lipinski definition) is 1. The minimum absolute atomic E-state index is 0.0547. The SMILES string of the molecule is CCOC(=O)[C@H](O)[C@H]1C[C@@H](OC)[C@@H](C)N1C. The first kappa shape index (κ1) is 13.4. The maximum absolute atomic E-state index is 11.4. The number of likely N-dealkylation sites (tertiary alicyclic amines) is 1. The molecule has 0 radical (unpaired) electrons.